The number of nitrogens with one attached hydrogen (secondary N) is 1. The number of unbranched alkanes of at least 4 members (excludes halogenated alkanes) is 1. The van der Waals surface area contributed by atoms with E-state index in [2.05, 4.69) is 5.32 Å². The number of benzene rings is 1. The highest BCUT2D eigenvalue weighted by molar-refractivity contribution is 5.75. The van der Waals surface area contributed by atoms with E-state index in [0.29, 0.717) is 13.0 Å². The van der Waals surface area contributed by atoms with Crippen molar-refractivity contribution in [3.05, 3.63) is 30.1 Å². The van der Waals surface area contributed by atoms with Crippen molar-refractivity contribution in [3.63, 3.8) is 0 Å². The van der Waals surface area contributed by atoms with Crippen molar-refractivity contribution in [2.45, 2.75) is 19.3 Å². The van der Waals surface area contributed by atoms with Gasteiger partial charge in [-0.05, 0) is 25.0 Å². The van der Waals surface area contributed by atoms with E-state index >= 15 is 0 Å². The van der Waals surface area contributed by atoms with Crippen LogP contribution in [0, 0.1) is 5.82 Å². The second kappa shape index (κ2) is 8.47. The third kappa shape index (κ3) is 5.63. The average Bonchev–Trinajstić information content (AvgIpc) is 2.37. The van der Waals surface area contributed by atoms with Gasteiger partial charge in [0.05, 0.1) is 13.0 Å². The fourth-order valence-corrected chi connectivity index (χ4v) is 1.37. The van der Waals surface area contributed by atoms with Crippen molar-refractivity contribution in [2.24, 2.45) is 0 Å². The number of carbonyl (C=O) groups is 1. The van der Waals surface area contributed by atoms with E-state index in [1.54, 1.807) is 12.1 Å². The van der Waals surface area contributed by atoms with Gasteiger partial charge in [0.25, 0.3) is 0 Å². The highest BCUT2D eigenvalue weighted by Crippen LogP contribution is 2.15. The highest BCUT2D eigenvalue weighted by atomic mass is 19.1. The summed E-state index contributed by atoms with van der Waals surface area (Å²) >= 11 is 0. The smallest absolute Gasteiger partial charge is 0.223 e. The minimum atomic E-state index is -0.430. The Morgan fingerprint density at radius 3 is 2.83 bits per heavy atom. The van der Waals surface area contributed by atoms with Gasteiger partial charge in [-0.1, -0.05) is 12.1 Å². The van der Waals surface area contributed by atoms with E-state index in [0.717, 1.165) is 6.42 Å². The first-order chi connectivity index (χ1) is 8.74. The van der Waals surface area contributed by atoms with Crippen LogP contribution in [0.1, 0.15) is 19.3 Å². The number of hydrogen-bond acceptors (Lipinski definition) is 3. The minimum Gasteiger partial charge on any atom is -0.490 e. The third-order valence-electron chi connectivity index (χ3n) is 2.33. The molecule has 0 aliphatic rings. The van der Waals surface area contributed by atoms with Crippen LogP contribution in [0.2, 0.25) is 0 Å². The van der Waals surface area contributed by atoms with Gasteiger partial charge in [-0.25, -0.2) is 4.39 Å². The second-order valence-corrected chi connectivity index (χ2v) is 3.81. The molecule has 0 saturated carbocycles. The first kappa shape index (κ1) is 14.4. The summed E-state index contributed by atoms with van der Waals surface area (Å²) < 4.78 is 18.3. The van der Waals surface area contributed by atoms with Crippen molar-refractivity contribution in [2.75, 3.05) is 19.8 Å². The Labute approximate surface area is 106 Å². The Balaban J connectivity index is 2.14. The molecule has 0 saturated heterocycles. The number of amides is 1. The summed E-state index contributed by atoms with van der Waals surface area (Å²) in [5, 5.41) is 11.3. The maximum atomic E-state index is 13.2. The standard InChI is InChI=1S/C13H18FNO3/c14-11-5-1-2-6-12(11)18-10-7-13(17)15-8-3-4-9-16/h1-2,5-6,16H,3-4,7-10H2,(H,15,17). The van der Waals surface area contributed by atoms with E-state index in [1.807, 2.05) is 0 Å². The molecule has 0 heterocycles. The molecule has 1 aromatic carbocycles. The van der Waals surface area contributed by atoms with Gasteiger partial charge in [0.2, 0.25) is 5.91 Å². The number of hydrogen-bond donors (Lipinski definition) is 2. The molecule has 1 rings (SSSR count). The summed E-state index contributed by atoms with van der Waals surface area (Å²) in [5.74, 6) is -0.407. The first-order valence-electron chi connectivity index (χ1n) is 5.99. The lowest BCUT2D eigenvalue weighted by Crippen LogP contribution is -2.26. The molecule has 0 unspecified atom stereocenters. The molecular formula is C13H18FNO3. The maximum absolute atomic E-state index is 13.2. The summed E-state index contributed by atoms with van der Waals surface area (Å²) in [7, 11) is 0. The Kier molecular flexibility index (Phi) is 6.79. The van der Waals surface area contributed by atoms with E-state index in [1.165, 1.54) is 12.1 Å². The minimum absolute atomic E-state index is 0.131. The molecule has 0 fully saturated rings. The third-order valence-corrected chi connectivity index (χ3v) is 2.33. The molecule has 0 bridgehead atoms. The van der Waals surface area contributed by atoms with Crippen LogP contribution in [-0.2, 0) is 4.79 Å². The van der Waals surface area contributed by atoms with E-state index in [-0.39, 0.29) is 31.3 Å². The van der Waals surface area contributed by atoms with Crippen molar-refractivity contribution < 1.29 is 19.0 Å². The predicted octanol–water partition coefficient (Wildman–Crippen LogP) is 1.48. The summed E-state index contributed by atoms with van der Waals surface area (Å²) in [5.41, 5.74) is 0. The van der Waals surface area contributed by atoms with Gasteiger partial charge in [-0.15, -0.1) is 0 Å². The number of rotatable bonds is 8. The van der Waals surface area contributed by atoms with Crippen LogP contribution in [0.4, 0.5) is 4.39 Å². The van der Waals surface area contributed by atoms with Gasteiger partial charge in [0.1, 0.15) is 0 Å². The quantitative estimate of drug-likeness (QED) is 0.692. The zero-order valence-corrected chi connectivity index (χ0v) is 10.2. The Morgan fingerprint density at radius 2 is 2.11 bits per heavy atom. The molecule has 0 aliphatic carbocycles. The molecule has 0 spiro atoms. The monoisotopic (exact) mass is 255 g/mol. The molecule has 0 atom stereocenters. The molecule has 0 aromatic heterocycles. The van der Waals surface area contributed by atoms with Crippen LogP contribution in [0.15, 0.2) is 24.3 Å². The van der Waals surface area contributed by atoms with Crippen LogP contribution in [0.5, 0.6) is 5.75 Å². The lowest BCUT2D eigenvalue weighted by atomic mass is 10.3. The van der Waals surface area contributed by atoms with Crippen molar-refractivity contribution in [3.8, 4) is 5.75 Å². The number of aliphatic hydroxyl groups excluding tert-OH is 1. The Hall–Kier alpha value is -1.62. The molecule has 100 valence electrons. The van der Waals surface area contributed by atoms with Crippen LogP contribution in [0.25, 0.3) is 0 Å². The van der Waals surface area contributed by atoms with E-state index in [9.17, 15) is 9.18 Å². The van der Waals surface area contributed by atoms with Gasteiger partial charge in [-0.2, -0.15) is 0 Å². The van der Waals surface area contributed by atoms with Crippen LogP contribution in [-0.4, -0.2) is 30.8 Å². The number of carbonyl (C=O) groups excluding carboxylic acids is 1. The number of para-hydroxylation sites is 1. The summed E-state index contributed by atoms with van der Waals surface area (Å²) in [6.07, 6.45) is 1.61. The maximum Gasteiger partial charge on any atom is 0.223 e. The Bertz CT molecular complexity index is 371. The highest BCUT2D eigenvalue weighted by Gasteiger charge is 2.04. The van der Waals surface area contributed by atoms with Gasteiger partial charge < -0.3 is 15.2 Å². The average molecular weight is 255 g/mol. The fraction of sp³-hybridized carbons (Fsp3) is 0.462. The normalized spacial score (nSPS) is 10.1. The molecule has 5 heteroatoms. The second-order valence-electron chi connectivity index (χ2n) is 3.81. The lowest BCUT2D eigenvalue weighted by Gasteiger charge is -2.07. The largest absolute Gasteiger partial charge is 0.490 e. The van der Waals surface area contributed by atoms with Gasteiger partial charge in [0, 0.05) is 13.2 Å². The van der Waals surface area contributed by atoms with Crippen LogP contribution >= 0.6 is 0 Å². The molecule has 18 heavy (non-hydrogen) atoms. The van der Waals surface area contributed by atoms with Crippen molar-refractivity contribution >= 4 is 5.91 Å². The fourth-order valence-electron chi connectivity index (χ4n) is 1.37. The molecule has 1 aromatic rings. The summed E-state index contributed by atoms with van der Waals surface area (Å²) in [6.45, 7) is 0.818. The number of ether oxygens (including phenoxy) is 1. The Morgan fingerprint density at radius 1 is 1.33 bits per heavy atom. The van der Waals surface area contributed by atoms with Crippen molar-refractivity contribution in [1.29, 1.82) is 0 Å². The van der Waals surface area contributed by atoms with Gasteiger partial charge in [0.15, 0.2) is 11.6 Å². The predicted molar refractivity (Wildman–Crippen MR) is 65.8 cm³/mol. The molecular weight excluding hydrogens is 237 g/mol. The van der Waals surface area contributed by atoms with Gasteiger partial charge in [-0.3, -0.25) is 4.79 Å². The zero-order chi connectivity index (χ0) is 13.2. The summed E-state index contributed by atoms with van der Waals surface area (Å²) in [4.78, 5) is 11.3. The number of halogens is 1. The van der Waals surface area contributed by atoms with Gasteiger partial charge >= 0.3 is 0 Å². The topological polar surface area (TPSA) is 58.6 Å². The van der Waals surface area contributed by atoms with E-state index < -0.39 is 5.82 Å². The molecule has 0 radical (unpaired) electrons. The molecule has 0 aliphatic heterocycles. The van der Waals surface area contributed by atoms with Crippen LogP contribution < -0.4 is 10.1 Å². The molecule has 1 amide bonds. The molecule has 4 nitrogen and oxygen atoms in total. The van der Waals surface area contributed by atoms with Crippen molar-refractivity contribution in [1.82, 2.24) is 5.32 Å². The van der Waals surface area contributed by atoms with E-state index in [4.69, 9.17) is 9.84 Å². The van der Waals surface area contributed by atoms with Crippen LogP contribution in [0.3, 0.4) is 0 Å². The SMILES string of the molecule is O=C(CCOc1ccccc1F)NCCCCO. The first-order valence-corrected chi connectivity index (χ1v) is 5.99. The zero-order valence-electron chi connectivity index (χ0n) is 10.2. The number of aliphatic hydroxyl groups is 1. The molecule has 2 N–H and O–H groups in total. The summed E-state index contributed by atoms with van der Waals surface area (Å²) in [6, 6.07) is 6.09. The lowest BCUT2D eigenvalue weighted by molar-refractivity contribution is -0.121.